The largest absolute Gasteiger partial charge is 0.475 e. The summed E-state index contributed by atoms with van der Waals surface area (Å²) >= 11 is 0. The molecule has 1 saturated carbocycles. The van der Waals surface area contributed by atoms with E-state index in [0.717, 1.165) is 24.8 Å². The van der Waals surface area contributed by atoms with Crippen LogP contribution < -0.4 is 5.32 Å². The van der Waals surface area contributed by atoms with E-state index in [1.165, 1.54) is 12.8 Å². The Morgan fingerprint density at radius 1 is 1.61 bits per heavy atom. The number of hydrogen-bond donors (Lipinski definition) is 2. The molecule has 1 atom stereocenters. The van der Waals surface area contributed by atoms with Gasteiger partial charge in [0, 0.05) is 12.1 Å². The third-order valence-corrected chi connectivity index (χ3v) is 3.10. The molecule has 6 heteroatoms. The van der Waals surface area contributed by atoms with E-state index in [2.05, 4.69) is 15.0 Å². The van der Waals surface area contributed by atoms with Gasteiger partial charge in [-0.1, -0.05) is 24.9 Å². The molecule has 2 N–H and O–H groups in total. The molecule has 6 nitrogen and oxygen atoms in total. The zero-order chi connectivity index (χ0) is 13.1. The lowest BCUT2D eigenvalue weighted by Crippen LogP contribution is -2.34. The minimum atomic E-state index is -1.23. The van der Waals surface area contributed by atoms with Crippen molar-refractivity contribution < 1.29 is 19.2 Å². The summed E-state index contributed by atoms with van der Waals surface area (Å²) in [5.41, 5.74) is 0.0154. The monoisotopic (exact) mass is 252 g/mol. The first-order valence-electron chi connectivity index (χ1n) is 6.11. The molecule has 1 unspecified atom stereocenters. The quantitative estimate of drug-likeness (QED) is 0.803. The summed E-state index contributed by atoms with van der Waals surface area (Å²) in [4.78, 5) is 22.4. The number of carbonyl (C=O) groups excluding carboxylic acids is 1. The molecule has 2 rings (SSSR count). The van der Waals surface area contributed by atoms with Crippen LogP contribution in [0.2, 0.25) is 0 Å². The average Bonchev–Trinajstić information content (AvgIpc) is 3.00. The second-order valence-electron chi connectivity index (χ2n) is 4.64. The van der Waals surface area contributed by atoms with Crippen molar-refractivity contribution in [2.45, 2.75) is 38.6 Å². The van der Waals surface area contributed by atoms with Crippen molar-refractivity contribution >= 4 is 11.9 Å². The Bertz CT molecular complexity index is 451. The zero-order valence-corrected chi connectivity index (χ0v) is 10.2. The maximum Gasteiger partial charge on any atom is 0.374 e. The average molecular weight is 252 g/mol. The van der Waals surface area contributed by atoms with Crippen molar-refractivity contribution in [2.24, 2.45) is 5.92 Å². The standard InChI is InChI=1S/C12H16N2O4/c1-2-8(5-7-3-4-7)13-11(15)9-6-10(12(16)17)18-14-9/h6-8H,2-5H2,1H3,(H,13,15)(H,16,17). The second kappa shape index (κ2) is 5.20. The highest BCUT2D eigenvalue weighted by Gasteiger charge is 2.26. The molecule has 18 heavy (non-hydrogen) atoms. The molecular formula is C12H16N2O4. The minimum Gasteiger partial charge on any atom is -0.475 e. The fourth-order valence-electron chi connectivity index (χ4n) is 1.83. The van der Waals surface area contributed by atoms with Gasteiger partial charge in [-0.15, -0.1) is 0 Å². The minimum absolute atomic E-state index is 0.0154. The topological polar surface area (TPSA) is 92.4 Å². The lowest BCUT2D eigenvalue weighted by atomic mass is 10.1. The van der Waals surface area contributed by atoms with Crippen molar-refractivity contribution in [3.63, 3.8) is 0 Å². The SMILES string of the molecule is CCC(CC1CC1)NC(=O)c1cc(C(=O)O)on1. The van der Waals surface area contributed by atoms with Gasteiger partial charge in [0.15, 0.2) is 5.69 Å². The van der Waals surface area contributed by atoms with Crippen LogP contribution in [0.4, 0.5) is 0 Å². The Balaban J connectivity index is 1.94. The van der Waals surface area contributed by atoms with Crippen molar-refractivity contribution in [3.05, 3.63) is 17.5 Å². The maximum absolute atomic E-state index is 11.8. The van der Waals surface area contributed by atoms with Gasteiger partial charge in [-0.2, -0.15) is 0 Å². The van der Waals surface area contributed by atoms with Crippen LogP contribution in [0, 0.1) is 5.92 Å². The van der Waals surface area contributed by atoms with Gasteiger partial charge in [-0.3, -0.25) is 4.79 Å². The molecule has 0 saturated heterocycles. The predicted octanol–water partition coefficient (Wildman–Crippen LogP) is 1.68. The molecule has 1 aliphatic carbocycles. The van der Waals surface area contributed by atoms with E-state index < -0.39 is 5.97 Å². The van der Waals surface area contributed by atoms with Crippen LogP contribution in [0.3, 0.4) is 0 Å². The molecule has 0 aromatic carbocycles. The molecule has 0 radical (unpaired) electrons. The number of rotatable bonds is 6. The number of carboxylic acids is 1. The summed E-state index contributed by atoms with van der Waals surface area (Å²) in [6, 6.07) is 1.26. The number of carboxylic acid groups (broad SMARTS) is 1. The van der Waals surface area contributed by atoms with Crippen LogP contribution in [0.15, 0.2) is 10.6 Å². The van der Waals surface area contributed by atoms with E-state index >= 15 is 0 Å². The summed E-state index contributed by atoms with van der Waals surface area (Å²) in [7, 11) is 0. The zero-order valence-electron chi connectivity index (χ0n) is 10.2. The summed E-state index contributed by atoms with van der Waals surface area (Å²) in [5, 5.41) is 15.0. The summed E-state index contributed by atoms with van der Waals surface area (Å²) in [5.74, 6) is -1.21. The Hall–Kier alpha value is -1.85. The predicted molar refractivity (Wildman–Crippen MR) is 62.3 cm³/mol. The molecule has 1 aromatic rings. The molecule has 1 fully saturated rings. The van der Waals surface area contributed by atoms with E-state index in [1.807, 2.05) is 6.92 Å². The van der Waals surface area contributed by atoms with Gasteiger partial charge in [-0.25, -0.2) is 4.79 Å². The Labute approximate surface area is 104 Å². The van der Waals surface area contributed by atoms with Crippen molar-refractivity contribution in [1.82, 2.24) is 10.5 Å². The molecular weight excluding hydrogens is 236 g/mol. The number of nitrogens with zero attached hydrogens (tertiary/aromatic N) is 1. The van der Waals surface area contributed by atoms with Crippen molar-refractivity contribution in [2.75, 3.05) is 0 Å². The second-order valence-corrected chi connectivity index (χ2v) is 4.64. The number of nitrogens with one attached hydrogen (secondary N) is 1. The van der Waals surface area contributed by atoms with E-state index in [4.69, 9.17) is 5.11 Å². The Morgan fingerprint density at radius 2 is 2.33 bits per heavy atom. The number of aromatic nitrogens is 1. The molecule has 0 aliphatic heterocycles. The van der Waals surface area contributed by atoms with E-state index in [1.54, 1.807) is 0 Å². The van der Waals surface area contributed by atoms with Crippen LogP contribution in [-0.2, 0) is 0 Å². The molecule has 0 bridgehead atoms. The van der Waals surface area contributed by atoms with E-state index in [0.29, 0.717) is 0 Å². The first kappa shape index (κ1) is 12.6. The van der Waals surface area contributed by atoms with Crippen molar-refractivity contribution in [1.29, 1.82) is 0 Å². The first-order chi connectivity index (χ1) is 8.60. The van der Waals surface area contributed by atoms with Crippen LogP contribution in [-0.4, -0.2) is 28.2 Å². The first-order valence-corrected chi connectivity index (χ1v) is 6.11. The van der Waals surface area contributed by atoms with Crippen LogP contribution in [0.5, 0.6) is 0 Å². The number of amides is 1. The summed E-state index contributed by atoms with van der Waals surface area (Å²) < 4.78 is 4.55. The van der Waals surface area contributed by atoms with E-state index in [-0.39, 0.29) is 23.4 Å². The number of carbonyl (C=O) groups is 2. The van der Waals surface area contributed by atoms with Gasteiger partial charge >= 0.3 is 5.97 Å². The lowest BCUT2D eigenvalue weighted by Gasteiger charge is -2.15. The highest BCUT2D eigenvalue weighted by Crippen LogP contribution is 2.34. The summed E-state index contributed by atoms with van der Waals surface area (Å²) in [6.07, 6.45) is 4.30. The summed E-state index contributed by atoms with van der Waals surface area (Å²) in [6.45, 7) is 2.01. The number of hydrogen-bond acceptors (Lipinski definition) is 4. The van der Waals surface area contributed by atoms with Crippen molar-refractivity contribution in [3.8, 4) is 0 Å². The molecule has 1 heterocycles. The molecule has 1 amide bonds. The van der Waals surface area contributed by atoms with Gasteiger partial charge in [0.05, 0.1) is 0 Å². The van der Waals surface area contributed by atoms with E-state index in [9.17, 15) is 9.59 Å². The maximum atomic E-state index is 11.8. The lowest BCUT2D eigenvalue weighted by molar-refractivity contribution is 0.0651. The smallest absolute Gasteiger partial charge is 0.374 e. The highest BCUT2D eigenvalue weighted by molar-refractivity contribution is 5.94. The van der Waals surface area contributed by atoms with Gasteiger partial charge in [0.25, 0.3) is 5.91 Å². The molecule has 1 aromatic heterocycles. The fraction of sp³-hybridized carbons (Fsp3) is 0.583. The van der Waals surface area contributed by atoms with Crippen LogP contribution in [0.1, 0.15) is 53.7 Å². The Kier molecular flexibility index (Phi) is 3.64. The van der Waals surface area contributed by atoms with Crippen LogP contribution in [0.25, 0.3) is 0 Å². The third-order valence-electron chi connectivity index (χ3n) is 3.10. The number of aromatic carboxylic acids is 1. The molecule has 0 spiro atoms. The van der Waals surface area contributed by atoms with Crippen LogP contribution >= 0.6 is 0 Å². The molecule has 98 valence electrons. The third kappa shape index (κ3) is 3.09. The normalized spacial score (nSPS) is 16.3. The van der Waals surface area contributed by atoms with Gasteiger partial charge in [0.2, 0.25) is 5.76 Å². The van der Waals surface area contributed by atoms with Gasteiger partial charge in [-0.05, 0) is 18.8 Å². The van der Waals surface area contributed by atoms with Gasteiger partial charge in [0.1, 0.15) is 0 Å². The highest BCUT2D eigenvalue weighted by atomic mass is 16.5. The van der Waals surface area contributed by atoms with Gasteiger partial charge < -0.3 is 14.9 Å². The molecule has 1 aliphatic rings. The fourth-order valence-corrected chi connectivity index (χ4v) is 1.83. The Morgan fingerprint density at radius 3 is 2.83 bits per heavy atom.